The molecule has 0 spiro atoms. The summed E-state index contributed by atoms with van der Waals surface area (Å²) in [7, 11) is 0. The van der Waals surface area contributed by atoms with Crippen LogP contribution >= 0.6 is 12.6 Å². The third-order valence-electron chi connectivity index (χ3n) is 2.87. The highest BCUT2D eigenvalue weighted by Gasteiger charge is 2.34. The largest absolute Gasteiger partial charge is 0.368 e. The van der Waals surface area contributed by atoms with Crippen molar-refractivity contribution in [3.8, 4) is 0 Å². The minimum atomic E-state index is -1.01. The third-order valence-corrected chi connectivity index (χ3v) is 3.50. The first kappa shape index (κ1) is 12.6. The third kappa shape index (κ3) is 2.54. The predicted molar refractivity (Wildman–Crippen MR) is 74.2 cm³/mol. The Morgan fingerprint density at radius 2 is 1.78 bits per heavy atom. The van der Waals surface area contributed by atoms with Crippen LogP contribution in [0, 0.1) is 0 Å². The normalized spacial score (nSPS) is 13.8. The first-order valence-electron chi connectivity index (χ1n) is 5.59. The number of benzene rings is 1. The monoisotopic (exact) mass is 258 g/mol. The van der Waals surface area contributed by atoms with E-state index in [1.165, 1.54) is 0 Å². The zero-order valence-corrected chi connectivity index (χ0v) is 10.7. The van der Waals surface area contributed by atoms with Crippen LogP contribution in [0.3, 0.4) is 0 Å². The van der Waals surface area contributed by atoms with Gasteiger partial charge >= 0.3 is 0 Å². The van der Waals surface area contributed by atoms with Crippen LogP contribution in [0.4, 0.5) is 0 Å². The maximum absolute atomic E-state index is 11.8. The van der Waals surface area contributed by atoms with Crippen molar-refractivity contribution in [1.82, 2.24) is 4.98 Å². The summed E-state index contributed by atoms with van der Waals surface area (Å²) in [4.78, 5) is 15.7. The number of carbonyl (C=O) groups excluding carboxylic acids is 1. The first-order valence-corrected chi connectivity index (χ1v) is 6.04. The van der Waals surface area contributed by atoms with Gasteiger partial charge in [-0.1, -0.05) is 30.3 Å². The van der Waals surface area contributed by atoms with Crippen molar-refractivity contribution in [3.05, 3.63) is 66.0 Å². The molecule has 4 heteroatoms. The average molecular weight is 258 g/mol. The molecule has 1 aromatic carbocycles. The molecule has 1 unspecified atom stereocenters. The zero-order valence-electron chi connectivity index (χ0n) is 9.78. The van der Waals surface area contributed by atoms with Crippen molar-refractivity contribution < 1.29 is 4.79 Å². The summed E-state index contributed by atoms with van der Waals surface area (Å²) in [6.45, 7) is 0. The Labute approximate surface area is 111 Å². The van der Waals surface area contributed by atoms with Gasteiger partial charge in [0.25, 0.3) is 0 Å². The molecule has 2 aromatic rings. The molecule has 1 amide bonds. The fourth-order valence-corrected chi connectivity index (χ4v) is 2.18. The summed E-state index contributed by atoms with van der Waals surface area (Å²) in [5.41, 5.74) is 7.29. The molecular formula is C14H14N2OS. The number of primary amides is 1. The van der Waals surface area contributed by atoms with E-state index in [2.05, 4.69) is 17.6 Å². The Morgan fingerprint density at radius 1 is 1.17 bits per heavy atom. The van der Waals surface area contributed by atoms with E-state index < -0.39 is 10.7 Å². The lowest BCUT2D eigenvalue weighted by Crippen LogP contribution is -2.38. The number of aromatic nitrogens is 1. The van der Waals surface area contributed by atoms with Crippen LogP contribution in [0.25, 0.3) is 0 Å². The van der Waals surface area contributed by atoms with Gasteiger partial charge in [0, 0.05) is 12.4 Å². The van der Waals surface area contributed by atoms with E-state index in [0.717, 1.165) is 11.1 Å². The second-order valence-electron chi connectivity index (χ2n) is 4.12. The molecule has 92 valence electrons. The molecule has 0 aliphatic rings. The summed E-state index contributed by atoms with van der Waals surface area (Å²) in [5, 5.41) is 0. The molecule has 1 aromatic heterocycles. The van der Waals surface area contributed by atoms with Gasteiger partial charge in [0.2, 0.25) is 5.91 Å². The van der Waals surface area contributed by atoms with Gasteiger partial charge < -0.3 is 5.73 Å². The lowest BCUT2D eigenvalue weighted by Gasteiger charge is -2.25. The maximum atomic E-state index is 11.8. The Kier molecular flexibility index (Phi) is 3.67. The molecule has 0 saturated carbocycles. The van der Waals surface area contributed by atoms with Crippen molar-refractivity contribution in [3.63, 3.8) is 0 Å². The van der Waals surface area contributed by atoms with Crippen molar-refractivity contribution in [2.45, 2.75) is 11.2 Å². The Hall–Kier alpha value is -1.81. The number of amides is 1. The van der Waals surface area contributed by atoms with Gasteiger partial charge in [-0.3, -0.25) is 9.78 Å². The van der Waals surface area contributed by atoms with Gasteiger partial charge in [0.1, 0.15) is 4.75 Å². The Morgan fingerprint density at radius 3 is 2.33 bits per heavy atom. The molecule has 1 atom stereocenters. The SMILES string of the molecule is NC(=O)C(S)(Cc1ccccc1)c1ccncc1. The first-order chi connectivity index (χ1) is 8.63. The van der Waals surface area contributed by atoms with Gasteiger partial charge in [-0.15, -0.1) is 0 Å². The zero-order chi connectivity index (χ0) is 13.0. The van der Waals surface area contributed by atoms with Gasteiger partial charge in [0.15, 0.2) is 0 Å². The molecular weight excluding hydrogens is 244 g/mol. The number of thiol groups is 1. The highest BCUT2D eigenvalue weighted by molar-refractivity contribution is 7.82. The summed E-state index contributed by atoms with van der Waals surface area (Å²) >= 11 is 4.51. The quantitative estimate of drug-likeness (QED) is 0.823. The minimum Gasteiger partial charge on any atom is -0.368 e. The number of rotatable bonds is 4. The summed E-state index contributed by atoms with van der Waals surface area (Å²) < 4.78 is -1.01. The maximum Gasteiger partial charge on any atom is 0.238 e. The fraction of sp³-hybridized carbons (Fsp3) is 0.143. The second-order valence-corrected chi connectivity index (χ2v) is 4.89. The molecule has 0 saturated heterocycles. The van der Waals surface area contributed by atoms with Crippen molar-refractivity contribution in [2.75, 3.05) is 0 Å². The van der Waals surface area contributed by atoms with Crippen LogP contribution in [-0.2, 0) is 16.0 Å². The molecule has 0 fully saturated rings. The van der Waals surface area contributed by atoms with E-state index in [4.69, 9.17) is 5.73 Å². The highest BCUT2D eigenvalue weighted by Crippen LogP contribution is 2.32. The smallest absolute Gasteiger partial charge is 0.238 e. The van der Waals surface area contributed by atoms with Gasteiger partial charge in [-0.05, 0) is 29.7 Å². The molecule has 18 heavy (non-hydrogen) atoms. The fourth-order valence-electron chi connectivity index (χ4n) is 1.85. The Balaban J connectivity index is 2.37. The van der Waals surface area contributed by atoms with Crippen LogP contribution in [-0.4, -0.2) is 10.9 Å². The molecule has 2 N–H and O–H groups in total. The molecule has 0 bridgehead atoms. The molecule has 2 rings (SSSR count). The lowest BCUT2D eigenvalue weighted by molar-refractivity contribution is -0.120. The van der Waals surface area contributed by atoms with Gasteiger partial charge in [-0.25, -0.2) is 0 Å². The number of nitrogens with zero attached hydrogens (tertiary/aromatic N) is 1. The Bertz CT molecular complexity index is 530. The standard InChI is InChI=1S/C14H14N2OS/c15-13(17)14(18,12-6-8-16-9-7-12)10-11-4-2-1-3-5-11/h1-9,18H,10H2,(H2,15,17). The topological polar surface area (TPSA) is 56.0 Å². The van der Waals surface area contributed by atoms with Crippen LogP contribution < -0.4 is 5.73 Å². The van der Waals surface area contributed by atoms with Gasteiger partial charge in [0.05, 0.1) is 0 Å². The van der Waals surface area contributed by atoms with E-state index in [1.54, 1.807) is 24.5 Å². The van der Waals surface area contributed by atoms with E-state index in [0.29, 0.717) is 6.42 Å². The minimum absolute atomic E-state index is 0.455. The number of pyridine rings is 1. The van der Waals surface area contributed by atoms with Crippen molar-refractivity contribution >= 4 is 18.5 Å². The molecule has 3 nitrogen and oxygen atoms in total. The molecule has 0 aliphatic carbocycles. The van der Waals surface area contributed by atoms with Crippen LogP contribution in [0.5, 0.6) is 0 Å². The lowest BCUT2D eigenvalue weighted by atomic mass is 9.91. The van der Waals surface area contributed by atoms with Gasteiger partial charge in [-0.2, -0.15) is 12.6 Å². The predicted octanol–water partition coefficient (Wildman–Crippen LogP) is 1.93. The molecule has 0 aliphatic heterocycles. The highest BCUT2D eigenvalue weighted by atomic mass is 32.1. The van der Waals surface area contributed by atoms with Crippen molar-refractivity contribution in [2.24, 2.45) is 5.73 Å². The van der Waals surface area contributed by atoms with Crippen LogP contribution in [0.2, 0.25) is 0 Å². The van der Waals surface area contributed by atoms with Crippen LogP contribution in [0.15, 0.2) is 54.9 Å². The second kappa shape index (κ2) is 5.23. The van der Waals surface area contributed by atoms with E-state index >= 15 is 0 Å². The molecule has 0 radical (unpaired) electrons. The van der Waals surface area contributed by atoms with E-state index in [1.807, 2.05) is 30.3 Å². The van der Waals surface area contributed by atoms with E-state index in [-0.39, 0.29) is 0 Å². The summed E-state index contributed by atoms with van der Waals surface area (Å²) in [6.07, 6.45) is 3.72. The number of nitrogens with two attached hydrogens (primary N) is 1. The number of hydrogen-bond acceptors (Lipinski definition) is 3. The van der Waals surface area contributed by atoms with Crippen molar-refractivity contribution in [1.29, 1.82) is 0 Å². The van der Waals surface area contributed by atoms with Crippen LogP contribution in [0.1, 0.15) is 11.1 Å². The number of hydrogen-bond donors (Lipinski definition) is 2. The average Bonchev–Trinajstić information content (AvgIpc) is 2.40. The summed E-state index contributed by atoms with van der Waals surface area (Å²) in [6, 6.07) is 13.2. The van der Waals surface area contributed by atoms with E-state index in [9.17, 15) is 4.79 Å². The number of carbonyl (C=O) groups is 1. The summed E-state index contributed by atoms with van der Waals surface area (Å²) in [5.74, 6) is -0.458. The molecule has 1 heterocycles.